The fourth-order valence-electron chi connectivity index (χ4n) is 2.87. The van der Waals surface area contributed by atoms with E-state index in [-0.39, 0.29) is 12.1 Å². The molecule has 3 rings (SSSR count). The van der Waals surface area contributed by atoms with E-state index >= 15 is 0 Å². The van der Waals surface area contributed by atoms with Crippen molar-refractivity contribution in [1.82, 2.24) is 14.5 Å². The second-order valence-electron chi connectivity index (χ2n) is 6.20. The fourth-order valence-corrected chi connectivity index (χ4v) is 2.87. The number of halogens is 1. The molecule has 3 aromatic rings. The molecule has 0 aliphatic carbocycles. The maximum Gasteiger partial charge on any atom is 0.261 e. The zero-order valence-corrected chi connectivity index (χ0v) is 14.0. The van der Waals surface area contributed by atoms with Crippen molar-refractivity contribution in [2.75, 3.05) is 13.6 Å². The summed E-state index contributed by atoms with van der Waals surface area (Å²) in [6, 6.07) is 13.9. The number of aliphatic hydroxyl groups excluding tert-OH is 1. The predicted molar refractivity (Wildman–Crippen MR) is 94.7 cm³/mol. The van der Waals surface area contributed by atoms with Gasteiger partial charge in [0.2, 0.25) is 0 Å². The van der Waals surface area contributed by atoms with E-state index < -0.39 is 11.9 Å². The molecule has 0 amide bonds. The van der Waals surface area contributed by atoms with Crippen molar-refractivity contribution in [1.29, 1.82) is 0 Å². The maximum absolute atomic E-state index is 13.2. The predicted octanol–water partition coefficient (Wildman–Crippen LogP) is 2.03. The van der Waals surface area contributed by atoms with Gasteiger partial charge in [-0.1, -0.05) is 30.3 Å². The summed E-state index contributed by atoms with van der Waals surface area (Å²) in [4.78, 5) is 18.5. The van der Waals surface area contributed by atoms with Crippen LogP contribution in [0.15, 0.2) is 59.7 Å². The first-order valence-corrected chi connectivity index (χ1v) is 8.08. The summed E-state index contributed by atoms with van der Waals surface area (Å²) < 4.78 is 14.6. The fraction of sp³-hybridized carbons (Fsp3) is 0.263. The van der Waals surface area contributed by atoms with Gasteiger partial charge in [-0.15, -0.1) is 0 Å². The van der Waals surface area contributed by atoms with Crippen LogP contribution in [0.3, 0.4) is 0 Å². The van der Waals surface area contributed by atoms with Crippen LogP contribution >= 0.6 is 0 Å². The molecule has 0 aliphatic heterocycles. The first-order chi connectivity index (χ1) is 12.0. The highest BCUT2D eigenvalue weighted by Crippen LogP contribution is 2.09. The third-order valence-corrected chi connectivity index (χ3v) is 4.01. The van der Waals surface area contributed by atoms with E-state index in [4.69, 9.17) is 0 Å². The van der Waals surface area contributed by atoms with Crippen molar-refractivity contribution < 1.29 is 9.50 Å². The molecule has 0 aliphatic rings. The van der Waals surface area contributed by atoms with Crippen LogP contribution in [0.5, 0.6) is 0 Å². The third-order valence-electron chi connectivity index (χ3n) is 4.01. The minimum Gasteiger partial charge on any atom is -0.390 e. The molecule has 1 aromatic heterocycles. The van der Waals surface area contributed by atoms with E-state index in [1.165, 1.54) is 29.1 Å². The third kappa shape index (κ3) is 4.29. The van der Waals surface area contributed by atoms with Crippen LogP contribution in [0.4, 0.5) is 4.39 Å². The number of hydrogen-bond donors (Lipinski definition) is 1. The molecule has 5 nitrogen and oxygen atoms in total. The number of rotatable bonds is 6. The van der Waals surface area contributed by atoms with E-state index in [9.17, 15) is 14.3 Å². The monoisotopic (exact) mass is 341 g/mol. The smallest absolute Gasteiger partial charge is 0.261 e. The zero-order chi connectivity index (χ0) is 17.8. The summed E-state index contributed by atoms with van der Waals surface area (Å²) in [6.07, 6.45) is 0.635. The number of likely N-dealkylation sites (N-methyl/N-ethyl adjacent to an activating group) is 1. The highest BCUT2D eigenvalue weighted by molar-refractivity contribution is 5.77. The van der Waals surface area contributed by atoms with Crippen LogP contribution in [-0.4, -0.2) is 39.3 Å². The molecular formula is C19H20FN3O2. The summed E-state index contributed by atoms with van der Waals surface area (Å²) in [5.74, 6) is -0.431. The largest absolute Gasteiger partial charge is 0.390 e. The van der Waals surface area contributed by atoms with Gasteiger partial charge in [-0.3, -0.25) is 14.3 Å². The van der Waals surface area contributed by atoms with Gasteiger partial charge in [-0.25, -0.2) is 9.37 Å². The van der Waals surface area contributed by atoms with Crippen LogP contribution in [0, 0.1) is 5.82 Å². The lowest BCUT2D eigenvalue weighted by Crippen LogP contribution is -2.34. The zero-order valence-electron chi connectivity index (χ0n) is 14.0. The molecule has 0 radical (unpaired) electrons. The van der Waals surface area contributed by atoms with Crippen LogP contribution in [0.1, 0.15) is 5.56 Å². The van der Waals surface area contributed by atoms with Crippen LogP contribution in [0.2, 0.25) is 0 Å². The molecule has 1 atom stereocenters. The average Bonchev–Trinajstić information content (AvgIpc) is 2.58. The van der Waals surface area contributed by atoms with Gasteiger partial charge in [0.15, 0.2) is 0 Å². The Kier molecular flexibility index (Phi) is 5.21. The summed E-state index contributed by atoms with van der Waals surface area (Å²) in [6.45, 7) is 1.27. The molecule has 1 heterocycles. The van der Waals surface area contributed by atoms with Crippen molar-refractivity contribution in [3.63, 3.8) is 0 Å². The van der Waals surface area contributed by atoms with Gasteiger partial charge in [0.25, 0.3) is 5.56 Å². The summed E-state index contributed by atoms with van der Waals surface area (Å²) in [7, 11) is 1.92. The maximum atomic E-state index is 13.2. The van der Waals surface area contributed by atoms with Crippen molar-refractivity contribution >= 4 is 10.9 Å². The normalized spacial score (nSPS) is 12.6. The molecule has 130 valence electrons. The Labute approximate surface area is 145 Å². The SMILES string of the molecule is CN(Cc1ccccc1)C[C@@H](O)Cn1cnc2cc(F)ccc2c1=O. The van der Waals surface area contributed by atoms with Crippen molar-refractivity contribution in [2.45, 2.75) is 19.2 Å². The van der Waals surface area contributed by atoms with Crippen LogP contribution in [0.25, 0.3) is 10.9 Å². The molecule has 0 spiro atoms. The van der Waals surface area contributed by atoms with Gasteiger partial charge < -0.3 is 5.11 Å². The van der Waals surface area contributed by atoms with Crippen LogP contribution in [-0.2, 0) is 13.1 Å². The lowest BCUT2D eigenvalue weighted by molar-refractivity contribution is 0.106. The quantitative estimate of drug-likeness (QED) is 0.745. The molecule has 1 N–H and O–H groups in total. The standard InChI is InChI=1S/C19H20FN3O2/c1-22(10-14-5-3-2-4-6-14)11-16(24)12-23-13-21-18-9-15(20)7-8-17(18)19(23)25/h2-9,13,16,24H,10-12H2,1H3/t16-/m1/s1. The molecule has 0 fully saturated rings. The molecule has 0 saturated carbocycles. The van der Waals surface area contributed by atoms with E-state index in [0.29, 0.717) is 24.0 Å². The number of hydrogen-bond acceptors (Lipinski definition) is 4. The minimum atomic E-state index is -0.717. The molecule has 0 unspecified atom stereocenters. The Morgan fingerprint density at radius 2 is 2.00 bits per heavy atom. The Hall–Kier alpha value is -2.57. The van der Waals surface area contributed by atoms with Gasteiger partial charge >= 0.3 is 0 Å². The second kappa shape index (κ2) is 7.55. The first kappa shape index (κ1) is 17.3. The van der Waals surface area contributed by atoms with E-state index in [2.05, 4.69) is 4.98 Å². The topological polar surface area (TPSA) is 58.4 Å². The van der Waals surface area contributed by atoms with E-state index in [0.717, 1.165) is 5.56 Å². The Morgan fingerprint density at radius 1 is 1.24 bits per heavy atom. The lowest BCUT2D eigenvalue weighted by Gasteiger charge is -2.21. The first-order valence-electron chi connectivity index (χ1n) is 8.08. The summed E-state index contributed by atoms with van der Waals surface area (Å²) in [5.41, 5.74) is 1.19. The van der Waals surface area contributed by atoms with Gasteiger partial charge in [0, 0.05) is 19.2 Å². The average molecular weight is 341 g/mol. The number of aromatic nitrogens is 2. The van der Waals surface area contributed by atoms with Crippen LogP contribution < -0.4 is 5.56 Å². The number of benzene rings is 2. The van der Waals surface area contributed by atoms with Crippen molar-refractivity contribution in [3.8, 4) is 0 Å². The van der Waals surface area contributed by atoms with E-state index in [1.807, 2.05) is 42.3 Å². The van der Waals surface area contributed by atoms with Gasteiger partial charge in [-0.2, -0.15) is 0 Å². The highest BCUT2D eigenvalue weighted by Gasteiger charge is 2.12. The molecule has 0 bridgehead atoms. The van der Waals surface area contributed by atoms with Gasteiger partial charge in [0.05, 0.1) is 29.9 Å². The highest BCUT2D eigenvalue weighted by atomic mass is 19.1. The second-order valence-corrected chi connectivity index (χ2v) is 6.20. The van der Waals surface area contributed by atoms with Crippen molar-refractivity contribution in [2.24, 2.45) is 0 Å². The summed E-state index contributed by atoms with van der Waals surface area (Å²) >= 11 is 0. The summed E-state index contributed by atoms with van der Waals surface area (Å²) in [5, 5.41) is 10.6. The van der Waals surface area contributed by atoms with E-state index in [1.54, 1.807) is 0 Å². The molecule has 0 saturated heterocycles. The number of nitrogens with zero attached hydrogens (tertiary/aromatic N) is 3. The van der Waals surface area contributed by atoms with Gasteiger partial charge in [0.1, 0.15) is 5.82 Å². The Bertz CT molecular complexity index is 911. The molecule has 2 aromatic carbocycles. The molecule has 6 heteroatoms. The Balaban J connectivity index is 1.67. The van der Waals surface area contributed by atoms with Crippen molar-refractivity contribution in [3.05, 3.63) is 76.6 Å². The lowest BCUT2D eigenvalue weighted by atomic mass is 10.2. The number of aliphatic hydroxyl groups is 1. The minimum absolute atomic E-state index is 0.137. The molecule has 25 heavy (non-hydrogen) atoms. The molecular weight excluding hydrogens is 321 g/mol. The Morgan fingerprint density at radius 3 is 2.76 bits per heavy atom. The number of fused-ring (bicyclic) bond motifs is 1. The van der Waals surface area contributed by atoms with Gasteiger partial charge in [-0.05, 0) is 24.7 Å².